The molecule has 2 rings (SSSR count). The second-order valence-corrected chi connectivity index (χ2v) is 8.02. The van der Waals surface area contributed by atoms with Crippen LogP contribution < -0.4 is 10.1 Å². The highest BCUT2D eigenvalue weighted by molar-refractivity contribution is 7.90. The van der Waals surface area contributed by atoms with E-state index in [1.165, 1.54) is 6.26 Å². The molecular formula is C14H21NO3S. The van der Waals surface area contributed by atoms with E-state index in [9.17, 15) is 8.42 Å². The molecule has 1 N–H and O–H groups in total. The molecule has 1 aliphatic heterocycles. The van der Waals surface area contributed by atoms with Gasteiger partial charge in [-0.3, -0.25) is 0 Å². The zero-order valence-corrected chi connectivity index (χ0v) is 12.7. The van der Waals surface area contributed by atoms with Gasteiger partial charge in [-0.1, -0.05) is 12.1 Å². The highest BCUT2D eigenvalue weighted by Gasteiger charge is 2.30. The van der Waals surface area contributed by atoms with Crippen LogP contribution in [0.5, 0.6) is 5.75 Å². The van der Waals surface area contributed by atoms with Crippen LogP contribution in [-0.4, -0.2) is 33.1 Å². The molecule has 4 nitrogen and oxygen atoms in total. The number of benzene rings is 1. The number of hydrogen-bond acceptors (Lipinski definition) is 4. The van der Waals surface area contributed by atoms with Gasteiger partial charge in [-0.15, -0.1) is 0 Å². The molecule has 0 aromatic heterocycles. The number of rotatable bonds is 4. The monoisotopic (exact) mass is 283 g/mol. The third-order valence-electron chi connectivity index (χ3n) is 3.31. The van der Waals surface area contributed by atoms with Crippen LogP contribution in [0.25, 0.3) is 0 Å². The van der Waals surface area contributed by atoms with Crippen molar-refractivity contribution >= 4 is 9.84 Å². The van der Waals surface area contributed by atoms with Crippen molar-refractivity contribution in [1.82, 2.24) is 5.32 Å². The van der Waals surface area contributed by atoms with E-state index < -0.39 is 9.84 Å². The molecule has 0 aliphatic carbocycles. The zero-order chi connectivity index (χ0) is 14.3. The van der Waals surface area contributed by atoms with Crippen molar-refractivity contribution in [2.24, 2.45) is 0 Å². The van der Waals surface area contributed by atoms with Crippen molar-refractivity contribution in [1.29, 1.82) is 0 Å². The van der Waals surface area contributed by atoms with Gasteiger partial charge in [0, 0.05) is 18.7 Å². The molecule has 0 radical (unpaired) electrons. The summed E-state index contributed by atoms with van der Waals surface area (Å²) >= 11 is 0. The van der Waals surface area contributed by atoms with Crippen LogP contribution in [0, 0.1) is 0 Å². The number of ether oxygens (including phenoxy) is 1. The van der Waals surface area contributed by atoms with Gasteiger partial charge in [0.05, 0.1) is 5.75 Å². The van der Waals surface area contributed by atoms with E-state index in [-0.39, 0.29) is 17.4 Å². The first-order valence-corrected chi connectivity index (χ1v) is 8.43. The van der Waals surface area contributed by atoms with Gasteiger partial charge in [0.25, 0.3) is 0 Å². The fraction of sp³-hybridized carbons (Fsp3) is 0.571. The second kappa shape index (κ2) is 4.80. The van der Waals surface area contributed by atoms with E-state index in [2.05, 4.69) is 25.2 Å². The molecule has 19 heavy (non-hydrogen) atoms. The van der Waals surface area contributed by atoms with Gasteiger partial charge in [-0.05, 0) is 38.1 Å². The van der Waals surface area contributed by atoms with Gasteiger partial charge in [0.1, 0.15) is 21.2 Å². The molecule has 106 valence electrons. The molecule has 0 saturated heterocycles. The van der Waals surface area contributed by atoms with Crippen LogP contribution in [0.15, 0.2) is 18.2 Å². The minimum Gasteiger partial charge on any atom is -0.487 e. The second-order valence-electron chi connectivity index (χ2n) is 5.84. The number of sulfone groups is 1. The van der Waals surface area contributed by atoms with Crippen LogP contribution >= 0.6 is 0 Å². The van der Waals surface area contributed by atoms with Crippen molar-refractivity contribution in [2.45, 2.75) is 31.9 Å². The Morgan fingerprint density at radius 1 is 1.42 bits per heavy atom. The first-order chi connectivity index (χ1) is 8.70. The summed E-state index contributed by atoms with van der Waals surface area (Å²) in [5.41, 5.74) is 1.97. The molecule has 0 saturated carbocycles. The molecule has 1 aliphatic rings. The maximum atomic E-state index is 11.4. The van der Waals surface area contributed by atoms with Crippen molar-refractivity contribution in [3.63, 3.8) is 0 Å². The zero-order valence-electron chi connectivity index (χ0n) is 11.9. The Morgan fingerprint density at radius 3 is 2.68 bits per heavy atom. The molecule has 0 spiro atoms. The summed E-state index contributed by atoms with van der Waals surface area (Å²) in [4.78, 5) is 0. The standard InChI is InChI=1S/C14H21NO3S/c1-14(2)8-11-7-10(5-6-13(11)18-14)12(15-3)9-19(4,16)17/h5-7,12,15H,8-9H2,1-4H3. The summed E-state index contributed by atoms with van der Waals surface area (Å²) < 4.78 is 28.7. The van der Waals surface area contributed by atoms with Gasteiger partial charge in [0.2, 0.25) is 0 Å². The Balaban J connectivity index is 2.28. The van der Waals surface area contributed by atoms with E-state index in [1.807, 2.05) is 12.1 Å². The highest BCUT2D eigenvalue weighted by atomic mass is 32.2. The lowest BCUT2D eigenvalue weighted by atomic mass is 9.98. The molecule has 1 atom stereocenters. The van der Waals surface area contributed by atoms with E-state index in [4.69, 9.17) is 4.74 Å². The van der Waals surface area contributed by atoms with Crippen LogP contribution in [0.1, 0.15) is 31.0 Å². The Morgan fingerprint density at radius 2 is 2.11 bits per heavy atom. The quantitative estimate of drug-likeness (QED) is 0.914. The molecule has 1 unspecified atom stereocenters. The van der Waals surface area contributed by atoms with E-state index in [0.29, 0.717) is 0 Å². The fourth-order valence-electron chi connectivity index (χ4n) is 2.50. The SMILES string of the molecule is CNC(CS(C)(=O)=O)c1ccc2c(c1)CC(C)(C)O2. The Bertz CT molecular complexity index is 578. The minimum absolute atomic E-state index is 0.104. The maximum absolute atomic E-state index is 11.4. The first-order valence-electron chi connectivity index (χ1n) is 6.37. The van der Waals surface area contributed by atoms with Gasteiger partial charge in [-0.2, -0.15) is 0 Å². The maximum Gasteiger partial charge on any atom is 0.149 e. The van der Waals surface area contributed by atoms with Gasteiger partial charge < -0.3 is 10.1 Å². The summed E-state index contributed by atoms with van der Waals surface area (Å²) in [7, 11) is -1.23. The predicted octanol–water partition coefficient (Wildman–Crippen LogP) is 1.71. The molecule has 0 amide bonds. The number of hydrogen-bond donors (Lipinski definition) is 1. The van der Waals surface area contributed by atoms with Crippen molar-refractivity contribution < 1.29 is 13.2 Å². The van der Waals surface area contributed by atoms with Gasteiger partial charge >= 0.3 is 0 Å². The van der Waals surface area contributed by atoms with E-state index in [1.54, 1.807) is 7.05 Å². The smallest absolute Gasteiger partial charge is 0.149 e. The summed E-state index contributed by atoms with van der Waals surface area (Å²) in [5.74, 6) is 1.01. The van der Waals surface area contributed by atoms with E-state index >= 15 is 0 Å². The summed E-state index contributed by atoms with van der Waals surface area (Å²) in [5, 5.41) is 3.07. The van der Waals surface area contributed by atoms with Crippen LogP contribution in [0.2, 0.25) is 0 Å². The van der Waals surface area contributed by atoms with E-state index in [0.717, 1.165) is 23.3 Å². The topological polar surface area (TPSA) is 55.4 Å². The Labute approximate surface area is 115 Å². The van der Waals surface area contributed by atoms with Crippen LogP contribution in [0.3, 0.4) is 0 Å². The summed E-state index contributed by atoms with van der Waals surface area (Å²) in [6.07, 6.45) is 2.11. The average molecular weight is 283 g/mol. The average Bonchev–Trinajstić information content (AvgIpc) is 2.57. The number of nitrogens with one attached hydrogen (secondary N) is 1. The largest absolute Gasteiger partial charge is 0.487 e. The van der Waals surface area contributed by atoms with Crippen molar-refractivity contribution in [3.05, 3.63) is 29.3 Å². The number of fused-ring (bicyclic) bond motifs is 1. The first kappa shape index (κ1) is 14.3. The minimum atomic E-state index is -3.01. The summed E-state index contributed by atoms with van der Waals surface area (Å²) in [6.45, 7) is 4.11. The molecule has 1 aromatic rings. The molecule has 0 fully saturated rings. The third kappa shape index (κ3) is 3.48. The highest BCUT2D eigenvalue weighted by Crippen LogP contribution is 2.36. The molecular weight excluding hydrogens is 262 g/mol. The molecule has 1 heterocycles. The molecule has 0 bridgehead atoms. The fourth-order valence-corrected chi connectivity index (χ4v) is 3.46. The molecule has 5 heteroatoms. The lowest BCUT2D eigenvalue weighted by Crippen LogP contribution is -2.25. The van der Waals surface area contributed by atoms with Crippen molar-refractivity contribution in [3.8, 4) is 5.75 Å². The third-order valence-corrected chi connectivity index (χ3v) is 4.25. The predicted molar refractivity (Wildman–Crippen MR) is 76.4 cm³/mol. The van der Waals surface area contributed by atoms with Crippen molar-refractivity contribution in [2.75, 3.05) is 19.1 Å². The lowest BCUT2D eigenvalue weighted by Gasteiger charge is -2.17. The van der Waals surface area contributed by atoms with Gasteiger partial charge in [-0.25, -0.2) is 8.42 Å². The Kier molecular flexibility index (Phi) is 3.62. The summed E-state index contributed by atoms with van der Waals surface area (Å²) in [6, 6.07) is 5.75. The van der Waals surface area contributed by atoms with Gasteiger partial charge in [0.15, 0.2) is 0 Å². The molecule has 1 aromatic carbocycles. The van der Waals surface area contributed by atoms with Crippen LogP contribution in [0.4, 0.5) is 0 Å². The normalized spacial score (nSPS) is 18.7. The van der Waals surface area contributed by atoms with Crippen LogP contribution in [-0.2, 0) is 16.3 Å². The lowest BCUT2D eigenvalue weighted by molar-refractivity contribution is 0.138. The Hall–Kier alpha value is -1.07.